The topological polar surface area (TPSA) is 89.6 Å². The Kier molecular flexibility index (Phi) is 4.22. The summed E-state index contributed by atoms with van der Waals surface area (Å²) in [5.41, 5.74) is -0.0292. The first-order valence-electron chi connectivity index (χ1n) is 7.58. The predicted octanol–water partition coefficient (Wildman–Crippen LogP) is 1.71. The van der Waals surface area contributed by atoms with Crippen molar-refractivity contribution in [2.75, 3.05) is 10.8 Å². The van der Waals surface area contributed by atoms with Crippen molar-refractivity contribution >= 4 is 26.6 Å². The number of rotatable bonds is 4. The Hall–Kier alpha value is -2.87. The highest BCUT2D eigenvalue weighted by molar-refractivity contribution is 7.92. The van der Waals surface area contributed by atoms with Crippen LogP contribution < -0.4 is 15.7 Å². The van der Waals surface area contributed by atoms with Crippen molar-refractivity contribution in [1.29, 1.82) is 0 Å². The minimum Gasteiger partial charge on any atom is -0.372 e. The Balaban J connectivity index is 2.21. The lowest BCUT2D eigenvalue weighted by Gasteiger charge is -2.23. The van der Waals surface area contributed by atoms with Crippen molar-refractivity contribution in [1.82, 2.24) is 4.57 Å². The van der Waals surface area contributed by atoms with Gasteiger partial charge in [-0.05, 0) is 37.3 Å². The second-order valence-corrected chi connectivity index (χ2v) is 7.26. The molecule has 0 aliphatic rings. The molecule has 0 aliphatic heterocycles. The summed E-state index contributed by atoms with van der Waals surface area (Å²) in [5.74, 6) is -0.799. The molecule has 2 aromatic carbocycles. The Morgan fingerprint density at radius 1 is 1.08 bits per heavy atom. The molecule has 0 unspecified atom stereocenters. The number of hydrogen-bond donors (Lipinski definition) is 0. The maximum absolute atomic E-state index is 13.0. The molecule has 0 aliphatic carbocycles. The number of aryl methyl sites for hydroxylation is 1. The molecule has 0 bridgehead atoms. The molecule has 0 spiro atoms. The summed E-state index contributed by atoms with van der Waals surface area (Å²) in [6.45, 7) is 1.95. The predicted molar refractivity (Wildman–Crippen MR) is 94.4 cm³/mol. The molecule has 0 N–H and O–H groups in total. The van der Waals surface area contributed by atoms with Gasteiger partial charge in [-0.25, -0.2) is 18.0 Å². The Morgan fingerprint density at radius 2 is 1.76 bits per heavy atom. The van der Waals surface area contributed by atoms with Crippen LogP contribution in [0.1, 0.15) is 6.92 Å². The summed E-state index contributed by atoms with van der Waals surface area (Å²) in [5, 5.41) is 0.0345. The van der Waals surface area contributed by atoms with E-state index in [9.17, 15) is 18.0 Å². The third-order valence-corrected chi connectivity index (χ3v) is 5.82. The van der Waals surface area contributed by atoms with Gasteiger partial charge in [-0.2, -0.15) is 0 Å². The van der Waals surface area contributed by atoms with E-state index < -0.39 is 21.4 Å². The lowest BCUT2D eigenvalue weighted by molar-refractivity contribution is 0.432. The van der Waals surface area contributed by atoms with Gasteiger partial charge in [0.25, 0.3) is 10.0 Å². The van der Waals surface area contributed by atoms with Gasteiger partial charge in [0.15, 0.2) is 0 Å². The van der Waals surface area contributed by atoms with Crippen LogP contribution in [0.15, 0.2) is 67.4 Å². The smallest absolute Gasteiger partial charge is 0.372 e. The van der Waals surface area contributed by atoms with E-state index in [0.29, 0.717) is 11.2 Å². The van der Waals surface area contributed by atoms with Gasteiger partial charge in [0.05, 0.1) is 21.5 Å². The van der Waals surface area contributed by atoms with Gasteiger partial charge in [-0.1, -0.05) is 18.2 Å². The molecule has 8 heteroatoms. The molecule has 0 amide bonds. The first-order chi connectivity index (χ1) is 11.9. The van der Waals surface area contributed by atoms with E-state index in [1.165, 1.54) is 29.6 Å². The van der Waals surface area contributed by atoms with Crippen LogP contribution in [0.4, 0.5) is 5.69 Å². The summed E-state index contributed by atoms with van der Waals surface area (Å²) < 4.78 is 33.0. The number of hydrogen-bond acceptors (Lipinski definition) is 5. The van der Waals surface area contributed by atoms with E-state index >= 15 is 0 Å². The molecule has 7 nitrogen and oxygen atoms in total. The van der Waals surface area contributed by atoms with E-state index in [0.717, 1.165) is 4.57 Å². The zero-order valence-electron chi connectivity index (χ0n) is 13.7. The van der Waals surface area contributed by atoms with Gasteiger partial charge in [-0.3, -0.25) is 8.87 Å². The maximum Gasteiger partial charge on any atom is 0.422 e. The molecule has 25 heavy (non-hydrogen) atoms. The normalized spacial score (nSPS) is 11.6. The molecule has 3 rings (SSSR count). The third-order valence-electron chi connectivity index (χ3n) is 3.92. The minimum atomic E-state index is -3.87. The molecule has 1 heterocycles. The maximum atomic E-state index is 13.0. The standard InChI is InChI=1S/C17H16N2O5S/c1-3-19(12-7-5-4-6-8-12)25(22,23)13-9-10-15-14(11-13)16(20)24-17(21)18(15)2/h4-11H,3H2,1-2H3. The number of sulfonamides is 1. The fourth-order valence-electron chi connectivity index (χ4n) is 2.65. The van der Waals surface area contributed by atoms with Gasteiger partial charge in [-0.15, -0.1) is 0 Å². The van der Waals surface area contributed by atoms with E-state index in [4.69, 9.17) is 0 Å². The van der Waals surface area contributed by atoms with Gasteiger partial charge < -0.3 is 4.42 Å². The summed E-state index contributed by atoms with van der Waals surface area (Å²) in [7, 11) is -2.42. The highest BCUT2D eigenvalue weighted by Gasteiger charge is 2.24. The van der Waals surface area contributed by atoms with Crippen molar-refractivity contribution in [3.8, 4) is 0 Å². The van der Waals surface area contributed by atoms with Crippen molar-refractivity contribution in [2.45, 2.75) is 11.8 Å². The van der Waals surface area contributed by atoms with E-state index in [2.05, 4.69) is 4.42 Å². The van der Waals surface area contributed by atoms with Crippen LogP contribution in [0.3, 0.4) is 0 Å². The number of nitrogens with zero attached hydrogens (tertiary/aromatic N) is 2. The Morgan fingerprint density at radius 3 is 2.40 bits per heavy atom. The lowest BCUT2D eigenvalue weighted by atomic mass is 10.2. The van der Waals surface area contributed by atoms with Crippen LogP contribution in [-0.2, 0) is 17.1 Å². The number of para-hydroxylation sites is 1. The first-order valence-corrected chi connectivity index (χ1v) is 9.02. The van der Waals surface area contributed by atoms with Crippen LogP contribution >= 0.6 is 0 Å². The van der Waals surface area contributed by atoms with Crippen LogP contribution in [0.5, 0.6) is 0 Å². The largest absolute Gasteiger partial charge is 0.422 e. The SMILES string of the molecule is CCN(c1ccccc1)S(=O)(=O)c1ccc2c(c1)c(=O)oc(=O)n2C. The first kappa shape index (κ1) is 17.0. The number of anilines is 1. The highest BCUT2D eigenvalue weighted by atomic mass is 32.2. The van der Waals surface area contributed by atoms with Crippen LogP contribution in [0.2, 0.25) is 0 Å². The number of aromatic nitrogens is 1. The van der Waals surface area contributed by atoms with Crippen molar-refractivity contribution < 1.29 is 12.8 Å². The fraction of sp³-hybridized carbons (Fsp3) is 0.176. The fourth-order valence-corrected chi connectivity index (χ4v) is 4.15. The zero-order chi connectivity index (χ0) is 18.2. The minimum absolute atomic E-state index is 0.0345. The average molecular weight is 360 g/mol. The highest BCUT2D eigenvalue weighted by Crippen LogP contribution is 2.24. The summed E-state index contributed by atoms with van der Waals surface area (Å²) >= 11 is 0. The average Bonchev–Trinajstić information content (AvgIpc) is 2.60. The summed E-state index contributed by atoms with van der Waals surface area (Å²) in [6, 6.07) is 12.7. The van der Waals surface area contributed by atoms with Crippen molar-refractivity contribution in [2.24, 2.45) is 7.05 Å². The zero-order valence-corrected chi connectivity index (χ0v) is 14.5. The van der Waals surface area contributed by atoms with Gasteiger partial charge in [0, 0.05) is 13.6 Å². The molecule has 0 radical (unpaired) electrons. The van der Waals surface area contributed by atoms with Gasteiger partial charge in [0.2, 0.25) is 0 Å². The monoisotopic (exact) mass is 360 g/mol. The molecule has 130 valence electrons. The molecule has 0 saturated heterocycles. The van der Waals surface area contributed by atoms with E-state index in [-0.39, 0.29) is 16.8 Å². The van der Waals surface area contributed by atoms with E-state index in [1.807, 2.05) is 0 Å². The number of benzene rings is 2. The Bertz CT molecular complexity index is 1150. The van der Waals surface area contributed by atoms with Crippen LogP contribution in [0.25, 0.3) is 10.9 Å². The summed E-state index contributed by atoms with van der Waals surface area (Å²) in [6.07, 6.45) is 0. The molecular weight excluding hydrogens is 344 g/mol. The molecule has 3 aromatic rings. The third kappa shape index (κ3) is 2.85. The van der Waals surface area contributed by atoms with Crippen LogP contribution in [-0.4, -0.2) is 19.5 Å². The van der Waals surface area contributed by atoms with Crippen LogP contribution in [0, 0.1) is 0 Å². The van der Waals surface area contributed by atoms with E-state index in [1.54, 1.807) is 37.3 Å². The van der Waals surface area contributed by atoms with Crippen molar-refractivity contribution in [3.63, 3.8) is 0 Å². The second kappa shape index (κ2) is 6.21. The summed E-state index contributed by atoms with van der Waals surface area (Å²) in [4.78, 5) is 23.5. The number of fused-ring (bicyclic) bond motifs is 1. The molecule has 1 aromatic heterocycles. The molecule has 0 fully saturated rings. The Labute approximate surface area is 143 Å². The molecule has 0 saturated carbocycles. The molecular formula is C17H16N2O5S. The van der Waals surface area contributed by atoms with Gasteiger partial charge >= 0.3 is 11.4 Å². The quantitative estimate of drug-likeness (QED) is 0.706. The molecule has 0 atom stereocenters. The second-order valence-electron chi connectivity index (χ2n) is 5.40. The lowest BCUT2D eigenvalue weighted by Crippen LogP contribution is -2.31. The van der Waals surface area contributed by atoms with Gasteiger partial charge in [0.1, 0.15) is 0 Å². The van der Waals surface area contributed by atoms with Crippen molar-refractivity contribution in [3.05, 3.63) is 69.5 Å².